The van der Waals surface area contributed by atoms with Crippen LogP contribution in [0.1, 0.15) is 51.3 Å². The van der Waals surface area contributed by atoms with E-state index in [9.17, 15) is 14.7 Å². The first kappa shape index (κ1) is 22.4. The fraction of sp³-hybridized carbons (Fsp3) is 0.360. The van der Waals surface area contributed by atoms with Gasteiger partial charge in [-0.3, -0.25) is 9.59 Å². The summed E-state index contributed by atoms with van der Waals surface area (Å²) in [6, 6.07) is 13.5. The van der Waals surface area contributed by atoms with Crippen LogP contribution in [0.2, 0.25) is 0 Å². The summed E-state index contributed by atoms with van der Waals surface area (Å²) in [6.07, 6.45) is 0.653. The molecule has 2 aromatic rings. The van der Waals surface area contributed by atoms with Crippen molar-refractivity contribution in [1.29, 1.82) is 0 Å². The maximum atomic E-state index is 13.0. The molecule has 1 amide bonds. The summed E-state index contributed by atoms with van der Waals surface area (Å²) in [7, 11) is 0. The zero-order chi connectivity index (χ0) is 22.5. The molecule has 1 unspecified atom stereocenters. The summed E-state index contributed by atoms with van der Waals surface area (Å²) < 4.78 is 11.3. The van der Waals surface area contributed by atoms with E-state index < -0.39 is 17.7 Å². The van der Waals surface area contributed by atoms with E-state index in [1.165, 1.54) is 4.90 Å². The lowest BCUT2D eigenvalue weighted by Crippen LogP contribution is -2.30. The van der Waals surface area contributed by atoms with Crippen LogP contribution in [0.3, 0.4) is 0 Å². The molecule has 0 bridgehead atoms. The topological polar surface area (TPSA) is 76.1 Å². The molecule has 6 nitrogen and oxygen atoms in total. The number of amides is 1. The van der Waals surface area contributed by atoms with Gasteiger partial charge in [0.15, 0.2) is 0 Å². The number of aliphatic hydroxyl groups excluding tert-OH is 1. The number of benzene rings is 2. The predicted molar refractivity (Wildman–Crippen MR) is 119 cm³/mol. The minimum absolute atomic E-state index is 0.0335. The van der Waals surface area contributed by atoms with Gasteiger partial charge < -0.3 is 19.5 Å². The summed E-state index contributed by atoms with van der Waals surface area (Å²) >= 11 is 0. The van der Waals surface area contributed by atoms with Gasteiger partial charge >= 0.3 is 0 Å². The Morgan fingerprint density at radius 3 is 2.45 bits per heavy atom. The van der Waals surface area contributed by atoms with Crippen molar-refractivity contribution in [2.75, 3.05) is 13.2 Å². The largest absolute Gasteiger partial charge is 0.507 e. The highest BCUT2D eigenvalue weighted by molar-refractivity contribution is 6.46. The van der Waals surface area contributed by atoms with E-state index in [0.717, 1.165) is 5.56 Å². The monoisotopic (exact) mass is 423 g/mol. The zero-order valence-electron chi connectivity index (χ0n) is 18.4. The van der Waals surface area contributed by atoms with Crippen LogP contribution in [-0.2, 0) is 9.59 Å². The number of carbonyl (C=O) groups excluding carboxylic acids is 2. The number of Topliss-reactive ketones (excluding diaryl/α,β-unsaturated/α-hetero) is 1. The number of hydrogen-bond acceptors (Lipinski definition) is 5. The number of aliphatic hydroxyl groups is 1. The molecule has 1 saturated heterocycles. The lowest BCUT2D eigenvalue weighted by Gasteiger charge is -2.25. The SMILES string of the molecule is CCCN1C(=O)C(=O)/C(=C(\O)c2cccc(OC(C)C)c2)C1c1cccc(OCC)c1. The smallest absolute Gasteiger partial charge is 0.295 e. The van der Waals surface area contributed by atoms with E-state index in [1.54, 1.807) is 24.3 Å². The Kier molecular flexibility index (Phi) is 7.00. The highest BCUT2D eigenvalue weighted by Gasteiger charge is 2.45. The van der Waals surface area contributed by atoms with Crippen molar-refractivity contribution in [3.05, 3.63) is 65.2 Å². The predicted octanol–water partition coefficient (Wildman–Crippen LogP) is 4.70. The van der Waals surface area contributed by atoms with E-state index in [1.807, 2.05) is 52.0 Å². The molecule has 6 heteroatoms. The quantitative estimate of drug-likeness (QED) is 0.378. The molecule has 1 aliphatic rings. The second-order valence-corrected chi connectivity index (χ2v) is 7.69. The Hall–Kier alpha value is -3.28. The molecule has 31 heavy (non-hydrogen) atoms. The third-order valence-corrected chi connectivity index (χ3v) is 4.97. The van der Waals surface area contributed by atoms with E-state index in [0.29, 0.717) is 36.6 Å². The molecule has 0 aromatic heterocycles. The van der Waals surface area contributed by atoms with Crippen LogP contribution < -0.4 is 9.47 Å². The van der Waals surface area contributed by atoms with Gasteiger partial charge in [0.2, 0.25) is 0 Å². The van der Waals surface area contributed by atoms with Crippen LogP contribution in [0.25, 0.3) is 5.76 Å². The fourth-order valence-corrected chi connectivity index (χ4v) is 3.78. The third kappa shape index (κ3) is 4.74. The Labute approximate surface area is 183 Å². The molecule has 0 spiro atoms. The second-order valence-electron chi connectivity index (χ2n) is 7.69. The average molecular weight is 424 g/mol. The number of rotatable bonds is 8. The van der Waals surface area contributed by atoms with Crippen LogP contribution in [0.5, 0.6) is 11.5 Å². The van der Waals surface area contributed by atoms with Gasteiger partial charge in [-0.2, -0.15) is 0 Å². The Morgan fingerprint density at radius 1 is 1.06 bits per heavy atom. The van der Waals surface area contributed by atoms with Crippen molar-refractivity contribution in [2.45, 2.75) is 46.3 Å². The molecule has 1 aliphatic heterocycles. The third-order valence-electron chi connectivity index (χ3n) is 4.97. The summed E-state index contributed by atoms with van der Waals surface area (Å²) in [5.41, 5.74) is 1.22. The van der Waals surface area contributed by atoms with Gasteiger partial charge in [0.05, 0.1) is 24.3 Å². The second kappa shape index (κ2) is 9.69. The number of nitrogens with zero attached hydrogens (tertiary/aromatic N) is 1. The standard InChI is InChI=1S/C25H29NO5/c1-5-13-26-22(17-9-7-11-19(14-17)30-6-2)21(24(28)25(26)29)23(27)18-10-8-12-20(15-18)31-16(3)4/h7-12,14-16,22,27H,5-6,13H2,1-4H3/b23-21-. The average Bonchev–Trinajstić information content (AvgIpc) is 2.99. The Morgan fingerprint density at radius 2 is 1.77 bits per heavy atom. The first-order valence-electron chi connectivity index (χ1n) is 10.7. The van der Waals surface area contributed by atoms with E-state index in [4.69, 9.17) is 9.47 Å². The van der Waals surface area contributed by atoms with Crippen molar-refractivity contribution in [2.24, 2.45) is 0 Å². The van der Waals surface area contributed by atoms with E-state index >= 15 is 0 Å². The number of likely N-dealkylation sites (tertiary alicyclic amines) is 1. The van der Waals surface area contributed by atoms with Crippen molar-refractivity contribution in [3.8, 4) is 11.5 Å². The van der Waals surface area contributed by atoms with Crippen LogP contribution in [0.15, 0.2) is 54.1 Å². The first-order chi connectivity index (χ1) is 14.9. The molecule has 0 radical (unpaired) electrons. The minimum Gasteiger partial charge on any atom is -0.507 e. The normalized spacial score (nSPS) is 18.0. The van der Waals surface area contributed by atoms with Gasteiger partial charge in [0.25, 0.3) is 11.7 Å². The van der Waals surface area contributed by atoms with Crippen LogP contribution >= 0.6 is 0 Å². The van der Waals surface area contributed by atoms with Crippen LogP contribution in [0, 0.1) is 0 Å². The Bertz CT molecular complexity index is 995. The summed E-state index contributed by atoms with van der Waals surface area (Å²) in [5.74, 6) is -0.276. The molecular weight excluding hydrogens is 394 g/mol. The number of ether oxygens (including phenoxy) is 2. The fourth-order valence-electron chi connectivity index (χ4n) is 3.78. The molecule has 3 rings (SSSR count). The van der Waals surface area contributed by atoms with Gasteiger partial charge in [-0.05, 0) is 57.0 Å². The van der Waals surface area contributed by atoms with Crippen LogP contribution in [0.4, 0.5) is 0 Å². The number of hydrogen-bond donors (Lipinski definition) is 1. The summed E-state index contributed by atoms with van der Waals surface area (Å²) in [4.78, 5) is 27.3. The zero-order valence-corrected chi connectivity index (χ0v) is 18.4. The van der Waals surface area contributed by atoms with Crippen LogP contribution in [-0.4, -0.2) is 41.0 Å². The first-order valence-corrected chi connectivity index (χ1v) is 10.7. The molecule has 2 aromatic carbocycles. The van der Waals surface area contributed by atoms with Crippen molar-refractivity contribution < 1.29 is 24.2 Å². The Balaban J connectivity index is 2.14. The van der Waals surface area contributed by atoms with Crippen molar-refractivity contribution >= 4 is 17.4 Å². The van der Waals surface area contributed by atoms with Gasteiger partial charge in [-0.1, -0.05) is 31.2 Å². The van der Waals surface area contributed by atoms with Gasteiger partial charge in [-0.25, -0.2) is 0 Å². The van der Waals surface area contributed by atoms with E-state index in [2.05, 4.69) is 0 Å². The number of ketones is 1. The molecule has 1 atom stereocenters. The molecule has 1 N–H and O–H groups in total. The van der Waals surface area contributed by atoms with E-state index in [-0.39, 0.29) is 17.4 Å². The molecule has 1 heterocycles. The molecular formula is C25H29NO5. The van der Waals surface area contributed by atoms with Crippen molar-refractivity contribution in [1.82, 2.24) is 4.90 Å². The highest BCUT2D eigenvalue weighted by Crippen LogP contribution is 2.40. The lowest BCUT2D eigenvalue weighted by atomic mass is 9.95. The highest BCUT2D eigenvalue weighted by atomic mass is 16.5. The maximum Gasteiger partial charge on any atom is 0.295 e. The summed E-state index contributed by atoms with van der Waals surface area (Å²) in [5, 5.41) is 11.2. The van der Waals surface area contributed by atoms with Crippen molar-refractivity contribution in [3.63, 3.8) is 0 Å². The minimum atomic E-state index is -0.687. The lowest BCUT2D eigenvalue weighted by molar-refractivity contribution is -0.139. The molecule has 1 fully saturated rings. The van der Waals surface area contributed by atoms with Gasteiger partial charge in [0, 0.05) is 12.1 Å². The maximum absolute atomic E-state index is 13.0. The van der Waals surface area contributed by atoms with Gasteiger partial charge in [-0.15, -0.1) is 0 Å². The van der Waals surface area contributed by atoms with Gasteiger partial charge in [0.1, 0.15) is 17.3 Å². The summed E-state index contributed by atoms with van der Waals surface area (Å²) in [6.45, 7) is 8.56. The molecule has 164 valence electrons. The molecule has 0 saturated carbocycles. The molecule has 0 aliphatic carbocycles. The number of carbonyl (C=O) groups is 2.